The lowest BCUT2D eigenvalue weighted by molar-refractivity contribution is 0.0696. The zero-order chi connectivity index (χ0) is 19.8. The average molecular weight is 370 g/mol. The van der Waals surface area contributed by atoms with E-state index in [0.29, 0.717) is 23.3 Å². The van der Waals surface area contributed by atoms with Gasteiger partial charge in [-0.15, -0.1) is 5.10 Å². The Bertz CT molecular complexity index is 1110. The molecule has 0 atom stereocenters. The second-order valence-corrected chi connectivity index (χ2v) is 6.87. The third-order valence-electron chi connectivity index (χ3n) is 5.02. The highest BCUT2D eigenvalue weighted by atomic mass is 16.4. The molecule has 0 aromatic heterocycles. The Labute approximate surface area is 162 Å². The molecule has 0 bridgehead atoms. The molecule has 0 fully saturated rings. The molecule has 0 amide bonds. The number of ketones is 1. The van der Waals surface area contributed by atoms with Crippen LogP contribution in [0.25, 0.3) is 0 Å². The summed E-state index contributed by atoms with van der Waals surface area (Å²) in [5.41, 5.74) is 6.16. The molecule has 0 saturated carbocycles. The van der Waals surface area contributed by atoms with Gasteiger partial charge in [0.2, 0.25) is 0 Å². The van der Waals surface area contributed by atoms with Gasteiger partial charge in [0.05, 0.1) is 11.3 Å². The second kappa shape index (κ2) is 6.85. The minimum absolute atomic E-state index is 0.0500. The number of hydrogen-bond acceptors (Lipinski definition) is 4. The van der Waals surface area contributed by atoms with Crippen LogP contribution in [0.5, 0.6) is 0 Å². The van der Waals surface area contributed by atoms with Gasteiger partial charge in [0.1, 0.15) is 5.71 Å². The molecule has 2 aromatic carbocycles. The molecule has 5 nitrogen and oxygen atoms in total. The molecule has 1 N–H and O–H groups in total. The number of carboxylic acids is 1. The Morgan fingerprint density at radius 1 is 0.964 bits per heavy atom. The Morgan fingerprint density at radius 2 is 1.64 bits per heavy atom. The summed E-state index contributed by atoms with van der Waals surface area (Å²) < 4.78 is 0. The van der Waals surface area contributed by atoms with E-state index in [1.807, 2.05) is 44.2 Å². The molecule has 0 unspecified atom stereocenters. The molecule has 0 spiro atoms. The number of fused-ring (bicyclic) bond motifs is 1. The first kappa shape index (κ1) is 17.8. The average Bonchev–Trinajstić information content (AvgIpc) is 3.12. The van der Waals surface area contributed by atoms with Crippen molar-refractivity contribution in [2.75, 3.05) is 0 Å². The normalized spacial score (nSPS) is 15.2. The molecule has 2 aromatic rings. The summed E-state index contributed by atoms with van der Waals surface area (Å²) in [5.74, 6) is -1.03. The van der Waals surface area contributed by atoms with Gasteiger partial charge >= 0.3 is 5.97 Å². The van der Waals surface area contributed by atoms with Crippen molar-refractivity contribution in [3.63, 3.8) is 0 Å². The molecule has 0 saturated heterocycles. The first-order chi connectivity index (χ1) is 13.5. The molecular formula is C23H18N2O3. The highest BCUT2D eigenvalue weighted by Gasteiger charge is 2.30. The largest absolute Gasteiger partial charge is 0.478 e. The van der Waals surface area contributed by atoms with Gasteiger partial charge in [0.25, 0.3) is 0 Å². The number of aryl methyl sites for hydroxylation is 2. The minimum atomic E-state index is -0.984. The predicted octanol–water partition coefficient (Wildman–Crippen LogP) is 4.30. The quantitative estimate of drug-likeness (QED) is 0.815. The van der Waals surface area contributed by atoms with E-state index in [2.05, 4.69) is 10.2 Å². The number of benzene rings is 2. The van der Waals surface area contributed by atoms with E-state index >= 15 is 0 Å². The Hall–Kier alpha value is -3.60. The van der Waals surface area contributed by atoms with Gasteiger partial charge in [0.15, 0.2) is 5.78 Å². The molecule has 2 aliphatic rings. The predicted molar refractivity (Wildman–Crippen MR) is 108 cm³/mol. The number of allylic oxidation sites excluding steroid dienone is 4. The van der Waals surface area contributed by atoms with Crippen LogP contribution in [0.1, 0.15) is 43.8 Å². The third kappa shape index (κ3) is 2.91. The number of Topliss-reactive ketones (excluding diaryl/α,β-unsaturated/α-hetero) is 1. The third-order valence-corrected chi connectivity index (χ3v) is 5.02. The van der Waals surface area contributed by atoms with Crippen molar-refractivity contribution in [2.45, 2.75) is 20.3 Å². The standard InChI is InChI=1S/C23H18N2O3/c1-13-5-3-6-14(2)19(13)22(26)17-7-4-8-18-20(17)21(25-24-18)15-9-11-16(12-10-15)23(27)28/h3-7,9-12H,8H2,1-2H3,(H,27,28). The maximum Gasteiger partial charge on any atom is 0.335 e. The Balaban J connectivity index is 1.82. The van der Waals surface area contributed by atoms with Gasteiger partial charge in [-0.3, -0.25) is 4.79 Å². The summed E-state index contributed by atoms with van der Waals surface area (Å²) in [6.45, 7) is 3.86. The van der Waals surface area contributed by atoms with Gasteiger partial charge in [-0.05, 0) is 37.1 Å². The molecule has 138 valence electrons. The van der Waals surface area contributed by atoms with Crippen LogP contribution in [-0.2, 0) is 0 Å². The van der Waals surface area contributed by atoms with Gasteiger partial charge in [0, 0.05) is 28.7 Å². The molecule has 1 aliphatic carbocycles. The monoisotopic (exact) mass is 370 g/mol. The molecule has 5 heteroatoms. The molecule has 1 heterocycles. The maximum absolute atomic E-state index is 13.4. The fourth-order valence-electron chi connectivity index (χ4n) is 3.61. The number of rotatable bonds is 4. The number of carboxylic acid groups (broad SMARTS) is 1. The van der Waals surface area contributed by atoms with Crippen LogP contribution in [0.2, 0.25) is 0 Å². The number of hydrogen-bond donors (Lipinski definition) is 1. The van der Waals surface area contributed by atoms with Crippen LogP contribution < -0.4 is 0 Å². The van der Waals surface area contributed by atoms with Crippen LogP contribution in [0.4, 0.5) is 0 Å². The lowest BCUT2D eigenvalue weighted by Crippen LogP contribution is -2.19. The van der Waals surface area contributed by atoms with E-state index in [1.165, 1.54) is 12.1 Å². The van der Waals surface area contributed by atoms with Crippen LogP contribution in [-0.4, -0.2) is 28.3 Å². The van der Waals surface area contributed by atoms with Crippen LogP contribution in [0, 0.1) is 13.8 Å². The lowest BCUT2D eigenvalue weighted by Gasteiger charge is -2.16. The summed E-state index contributed by atoms with van der Waals surface area (Å²) in [7, 11) is 0. The van der Waals surface area contributed by atoms with Crippen molar-refractivity contribution >= 4 is 23.2 Å². The summed E-state index contributed by atoms with van der Waals surface area (Å²) in [6.07, 6.45) is 4.38. The van der Waals surface area contributed by atoms with E-state index in [0.717, 1.165) is 28.0 Å². The number of carbonyl (C=O) groups excluding carboxylic acids is 1. The number of nitrogens with zero attached hydrogens (tertiary/aromatic N) is 2. The Morgan fingerprint density at radius 3 is 2.29 bits per heavy atom. The van der Waals surface area contributed by atoms with Crippen LogP contribution in [0.3, 0.4) is 0 Å². The highest BCUT2D eigenvalue weighted by Crippen LogP contribution is 2.30. The molecule has 4 rings (SSSR count). The van der Waals surface area contributed by atoms with Crippen LogP contribution >= 0.6 is 0 Å². The smallest absolute Gasteiger partial charge is 0.335 e. The van der Waals surface area contributed by atoms with Crippen molar-refractivity contribution < 1.29 is 14.7 Å². The van der Waals surface area contributed by atoms with Gasteiger partial charge in [-0.1, -0.05) is 42.5 Å². The zero-order valence-corrected chi connectivity index (χ0v) is 15.6. The Kier molecular flexibility index (Phi) is 4.35. The van der Waals surface area contributed by atoms with Crippen molar-refractivity contribution in [2.24, 2.45) is 10.2 Å². The summed E-state index contributed by atoms with van der Waals surface area (Å²) in [5, 5.41) is 17.7. The van der Waals surface area contributed by atoms with Crippen LogP contribution in [0.15, 0.2) is 76.0 Å². The van der Waals surface area contributed by atoms with Crippen molar-refractivity contribution in [3.8, 4) is 0 Å². The first-order valence-electron chi connectivity index (χ1n) is 8.98. The fraction of sp³-hybridized carbons (Fsp3) is 0.130. The first-order valence-corrected chi connectivity index (χ1v) is 8.98. The number of carbonyl (C=O) groups is 2. The topological polar surface area (TPSA) is 79.1 Å². The SMILES string of the molecule is Cc1cccc(C)c1C(=O)C1=C2C(=NN=C2c2ccc(C(=O)O)cc2)CC=C1. The summed E-state index contributed by atoms with van der Waals surface area (Å²) in [6, 6.07) is 12.3. The van der Waals surface area contributed by atoms with E-state index in [9.17, 15) is 9.59 Å². The maximum atomic E-state index is 13.4. The lowest BCUT2D eigenvalue weighted by atomic mass is 9.84. The molecule has 28 heavy (non-hydrogen) atoms. The molecule has 0 radical (unpaired) electrons. The van der Waals surface area contributed by atoms with Gasteiger partial charge in [-0.25, -0.2) is 4.79 Å². The summed E-state index contributed by atoms with van der Waals surface area (Å²) in [4.78, 5) is 24.5. The highest BCUT2D eigenvalue weighted by molar-refractivity contribution is 6.37. The van der Waals surface area contributed by atoms with Gasteiger partial charge in [-0.2, -0.15) is 5.10 Å². The second-order valence-electron chi connectivity index (χ2n) is 6.87. The molecular weight excluding hydrogens is 352 g/mol. The van der Waals surface area contributed by atoms with Crippen molar-refractivity contribution in [1.82, 2.24) is 0 Å². The van der Waals surface area contributed by atoms with Crippen molar-refractivity contribution in [1.29, 1.82) is 0 Å². The van der Waals surface area contributed by atoms with Gasteiger partial charge < -0.3 is 5.11 Å². The fourth-order valence-corrected chi connectivity index (χ4v) is 3.61. The van der Waals surface area contributed by atoms with E-state index in [1.54, 1.807) is 12.1 Å². The summed E-state index contributed by atoms with van der Waals surface area (Å²) >= 11 is 0. The van der Waals surface area contributed by atoms with E-state index in [4.69, 9.17) is 5.11 Å². The van der Waals surface area contributed by atoms with E-state index < -0.39 is 5.97 Å². The van der Waals surface area contributed by atoms with Crippen molar-refractivity contribution in [3.05, 3.63) is 93.6 Å². The zero-order valence-electron chi connectivity index (χ0n) is 15.6. The van der Waals surface area contributed by atoms with E-state index in [-0.39, 0.29) is 11.3 Å². The molecule has 1 aliphatic heterocycles. The minimum Gasteiger partial charge on any atom is -0.478 e. The number of aromatic carboxylic acids is 1.